The van der Waals surface area contributed by atoms with E-state index in [1.165, 1.54) is 0 Å². The number of carbonyl (C=O) groups excluding carboxylic acids is 1. The highest BCUT2D eigenvalue weighted by atomic mass is 79.9. The monoisotopic (exact) mass is 353 g/mol. The fourth-order valence-corrected chi connectivity index (χ4v) is 3.40. The predicted molar refractivity (Wildman–Crippen MR) is 89.2 cm³/mol. The second-order valence-corrected chi connectivity index (χ2v) is 7.34. The van der Waals surface area contributed by atoms with E-state index in [2.05, 4.69) is 42.0 Å². The van der Waals surface area contributed by atoms with Crippen LogP contribution in [-0.4, -0.2) is 30.0 Å². The van der Waals surface area contributed by atoms with E-state index < -0.39 is 0 Å². The number of halogens is 1. The molecule has 116 valence electrons. The molecule has 1 aliphatic rings. The standard InChI is InChI=1S/C17H24BrNO2/c1-16(2,3)14-7-5-4-6-13(14)15(20)19-17(12-18)8-10-21-11-9-17/h4-7H,8-12H2,1-3H3,(H,19,20). The molecular weight excluding hydrogens is 330 g/mol. The molecule has 0 aliphatic carbocycles. The van der Waals surface area contributed by atoms with Gasteiger partial charge in [0.05, 0.1) is 5.54 Å². The van der Waals surface area contributed by atoms with Gasteiger partial charge in [0.2, 0.25) is 0 Å². The summed E-state index contributed by atoms with van der Waals surface area (Å²) in [6, 6.07) is 7.87. The second kappa shape index (κ2) is 6.49. The van der Waals surface area contributed by atoms with Crippen molar-refractivity contribution in [3.8, 4) is 0 Å². The van der Waals surface area contributed by atoms with Gasteiger partial charge < -0.3 is 10.1 Å². The number of alkyl halides is 1. The Labute approximate surface area is 135 Å². The number of amides is 1. The first-order valence-corrected chi connectivity index (χ1v) is 8.56. The van der Waals surface area contributed by atoms with Crippen LogP contribution in [0.3, 0.4) is 0 Å². The van der Waals surface area contributed by atoms with E-state index in [1.54, 1.807) is 0 Å². The molecule has 1 heterocycles. The van der Waals surface area contributed by atoms with Gasteiger partial charge in [-0.05, 0) is 29.9 Å². The van der Waals surface area contributed by atoms with Crippen molar-refractivity contribution in [2.24, 2.45) is 0 Å². The Morgan fingerprint density at radius 2 is 1.90 bits per heavy atom. The summed E-state index contributed by atoms with van der Waals surface area (Å²) in [6.07, 6.45) is 1.70. The Bertz CT molecular complexity index is 502. The average Bonchev–Trinajstić information content (AvgIpc) is 2.47. The molecule has 0 aromatic heterocycles. The summed E-state index contributed by atoms with van der Waals surface area (Å²) in [5.41, 5.74) is 1.61. The fourth-order valence-electron chi connectivity index (χ4n) is 2.70. The quantitative estimate of drug-likeness (QED) is 0.842. The molecule has 0 spiro atoms. The van der Waals surface area contributed by atoms with Gasteiger partial charge in [-0.3, -0.25) is 4.79 Å². The van der Waals surface area contributed by atoms with Crippen LogP contribution in [0.15, 0.2) is 24.3 Å². The SMILES string of the molecule is CC(C)(C)c1ccccc1C(=O)NC1(CBr)CCOCC1. The minimum Gasteiger partial charge on any atom is -0.381 e. The third-order valence-corrected chi connectivity index (χ3v) is 5.14. The number of rotatable bonds is 3. The maximum absolute atomic E-state index is 12.8. The number of carbonyl (C=O) groups is 1. The molecule has 0 atom stereocenters. The van der Waals surface area contributed by atoms with Crippen LogP contribution >= 0.6 is 15.9 Å². The zero-order valence-corrected chi connectivity index (χ0v) is 14.6. The number of nitrogens with one attached hydrogen (secondary N) is 1. The van der Waals surface area contributed by atoms with Crippen LogP contribution in [0.1, 0.15) is 49.5 Å². The Hall–Kier alpha value is -0.870. The molecule has 1 aromatic rings. The number of benzene rings is 1. The molecule has 1 fully saturated rings. The van der Waals surface area contributed by atoms with Crippen LogP contribution < -0.4 is 5.32 Å². The first-order valence-electron chi connectivity index (χ1n) is 7.44. The van der Waals surface area contributed by atoms with Crippen LogP contribution in [0.5, 0.6) is 0 Å². The number of ether oxygens (including phenoxy) is 1. The predicted octanol–water partition coefficient (Wildman–Crippen LogP) is 3.66. The first-order chi connectivity index (χ1) is 9.88. The summed E-state index contributed by atoms with van der Waals surface area (Å²) in [4.78, 5) is 12.8. The minimum atomic E-state index is -0.194. The largest absolute Gasteiger partial charge is 0.381 e. The van der Waals surface area contributed by atoms with Gasteiger partial charge in [0.25, 0.3) is 5.91 Å². The van der Waals surface area contributed by atoms with Gasteiger partial charge in [-0.1, -0.05) is 54.9 Å². The highest BCUT2D eigenvalue weighted by Crippen LogP contribution is 2.28. The molecule has 4 heteroatoms. The van der Waals surface area contributed by atoms with Crippen LogP contribution in [0.25, 0.3) is 0 Å². The fraction of sp³-hybridized carbons (Fsp3) is 0.588. The van der Waals surface area contributed by atoms with E-state index in [4.69, 9.17) is 4.74 Å². The number of hydrogen-bond acceptors (Lipinski definition) is 2. The van der Waals surface area contributed by atoms with Crippen LogP contribution in [-0.2, 0) is 10.2 Å². The molecule has 2 rings (SSSR count). The topological polar surface area (TPSA) is 38.3 Å². The molecule has 1 aliphatic heterocycles. The van der Waals surface area contributed by atoms with Crippen molar-refractivity contribution >= 4 is 21.8 Å². The molecule has 0 saturated carbocycles. The van der Waals surface area contributed by atoms with E-state index in [0.717, 1.165) is 29.3 Å². The Kier molecular flexibility index (Phi) is 5.10. The van der Waals surface area contributed by atoms with Crippen molar-refractivity contribution in [2.45, 2.75) is 44.6 Å². The molecule has 1 N–H and O–H groups in total. The maximum atomic E-state index is 12.8. The smallest absolute Gasteiger partial charge is 0.252 e. The third kappa shape index (κ3) is 3.86. The van der Waals surface area contributed by atoms with Gasteiger partial charge in [-0.15, -0.1) is 0 Å². The molecule has 1 amide bonds. The van der Waals surface area contributed by atoms with Crippen LogP contribution in [0.4, 0.5) is 0 Å². The molecule has 21 heavy (non-hydrogen) atoms. The Balaban J connectivity index is 2.24. The lowest BCUT2D eigenvalue weighted by atomic mass is 9.83. The van der Waals surface area contributed by atoms with Crippen molar-refractivity contribution < 1.29 is 9.53 Å². The summed E-state index contributed by atoms with van der Waals surface area (Å²) in [7, 11) is 0. The molecule has 3 nitrogen and oxygen atoms in total. The summed E-state index contributed by atoms with van der Waals surface area (Å²) in [6.45, 7) is 7.80. The maximum Gasteiger partial charge on any atom is 0.252 e. The van der Waals surface area contributed by atoms with Crippen LogP contribution in [0.2, 0.25) is 0 Å². The molecule has 1 aromatic carbocycles. The van der Waals surface area contributed by atoms with Crippen molar-refractivity contribution in [1.82, 2.24) is 5.32 Å². The van der Waals surface area contributed by atoms with Crippen molar-refractivity contribution in [3.63, 3.8) is 0 Å². The first kappa shape index (κ1) is 16.5. The average molecular weight is 354 g/mol. The lowest BCUT2D eigenvalue weighted by Gasteiger charge is -2.37. The molecule has 0 unspecified atom stereocenters. The summed E-state index contributed by atoms with van der Waals surface area (Å²) in [5, 5.41) is 4.00. The highest BCUT2D eigenvalue weighted by molar-refractivity contribution is 9.09. The Morgan fingerprint density at radius 1 is 1.29 bits per heavy atom. The van der Waals surface area contributed by atoms with E-state index in [9.17, 15) is 4.79 Å². The van der Waals surface area contributed by atoms with Gasteiger partial charge in [0.15, 0.2) is 0 Å². The molecular formula is C17H24BrNO2. The van der Waals surface area contributed by atoms with Gasteiger partial charge >= 0.3 is 0 Å². The van der Waals surface area contributed by atoms with Crippen LogP contribution in [0, 0.1) is 0 Å². The van der Waals surface area contributed by atoms with Crippen molar-refractivity contribution in [1.29, 1.82) is 0 Å². The summed E-state index contributed by atoms with van der Waals surface area (Å²) < 4.78 is 5.42. The van der Waals surface area contributed by atoms with Gasteiger partial charge in [-0.2, -0.15) is 0 Å². The van der Waals surface area contributed by atoms with Gasteiger partial charge in [0.1, 0.15) is 0 Å². The lowest BCUT2D eigenvalue weighted by Crippen LogP contribution is -2.53. The third-order valence-electron chi connectivity index (χ3n) is 4.06. The van der Waals surface area contributed by atoms with E-state index in [-0.39, 0.29) is 16.9 Å². The van der Waals surface area contributed by atoms with E-state index in [0.29, 0.717) is 13.2 Å². The normalized spacial score (nSPS) is 18.3. The van der Waals surface area contributed by atoms with Gasteiger partial charge in [-0.25, -0.2) is 0 Å². The lowest BCUT2D eigenvalue weighted by molar-refractivity contribution is 0.0441. The second-order valence-electron chi connectivity index (χ2n) is 6.78. The van der Waals surface area contributed by atoms with Crippen molar-refractivity contribution in [2.75, 3.05) is 18.5 Å². The summed E-state index contributed by atoms with van der Waals surface area (Å²) >= 11 is 3.56. The summed E-state index contributed by atoms with van der Waals surface area (Å²) in [5.74, 6) is 0.0156. The van der Waals surface area contributed by atoms with Gasteiger partial charge in [0, 0.05) is 24.1 Å². The zero-order valence-electron chi connectivity index (χ0n) is 13.0. The Morgan fingerprint density at radius 3 is 2.48 bits per heavy atom. The molecule has 0 radical (unpaired) electrons. The molecule has 1 saturated heterocycles. The van der Waals surface area contributed by atoms with Crippen molar-refractivity contribution in [3.05, 3.63) is 35.4 Å². The number of hydrogen-bond donors (Lipinski definition) is 1. The molecule has 0 bridgehead atoms. The van der Waals surface area contributed by atoms with E-state index >= 15 is 0 Å². The highest BCUT2D eigenvalue weighted by Gasteiger charge is 2.34. The minimum absolute atomic E-state index is 0.0156. The van der Waals surface area contributed by atoms with E-state index in [1.807, 2.05) is 24.3 Å². The zero-order chi connectivity index (χ0) is 15.5.